The molecule has 1 saturated heterocycles. The van der Waals surface area contributed by atoms with Crippen molar-refractivity contribution in [3.8, 4) is 6.07 Å². The molecule has 0 unspecified atom stereocenters. The number of hydrogen-bond donors (Lipinski definition) is 1. The average molecular weight is 358 g/mol. The Morgan fingerprint density at radius 2 is 2.04 bits per heavy atom. The summed E-state index contributed by atoms with van der Waals surface area (Å²) in [5.41, 5.74) is 2.83. The minimum Gasteiger partial charge on any atom is -0.371 e. The Labute approximate surface area is 159 Å². The van der Waals surface area contributed by atoms with Crippen LogP contribution < -0.4 is 10.2 Å². The molecule has 1 aromatic heterocycles. The Bertz CT molecular complexity index is 857. The van der Waals surface area contributed by atoms with Crippen molar-refractivity contribution in [2.75, 3.05) is 24.5 Å². The molecule has 0 bridgehead atoms. The van der Waals surface area contributed by atoms with E-state index < -0.39 is 0 Å². The van der Waals surface area contributed by atoms with E-state index in [-0.39, 0.29) is 5.91 Å². The number of rotatable bonds is 6. The fraction of sp³-hybridized carbons (Fsp3) is 0.318. The molecule has 2 aromatic rings. The monoisotopic (exact) mass is 358 g/mol. The lowest BCUT2D eigenvalue weighted by atomic mass is 10.1. The van der Waals surface area contributed by atoms with Crippen LogP contribution in [0.1, 0.15) is 17.5 Å². The molecule has 1 amide bonds. The van der Waals surface area contributed by atoms with Crippen LogP contribution in [0.15, 0.2) is 54.9 Å². The van der Waals surface area contributed by atoms with Gasteiger partial charge in [-0.1, -0.05) is 6.07 Å². The van der Waals surface area contributed by atoms with Crippen LogP contribution in [0.4, 0.5) is 5.69 Å². The lowest BCUT2D eigenvalue weighted by Crippen LogP contribution is -2.26. The molecule has 4 rings (SSSR count). The van der Waals surface area contributed by atoms with Crippen molar-refractivity contribution in [2.45, 2.75) is 6.42 Å². The third kappa shape index (κ3) is 4.01. The predicted octanol–water partition coefficient (Wildman–Crippen LogP) is 2.86. The minimum absolute atomic E-state index is 0.0520. The number of anilines is 1. The highest BCUT2D eigenvalue weighted by molar-refractivity contribution is 5.91. The van der Waals surface area contributed by atoms with Gasteiger partial charge in [-0.2, -0.15) is 5.26 Å². The Balaban J connectivity index is 1.18. The number of carbonyl (C=O) groups is 1. The number of piperidine rings is 1. The number of nitrogens with one attached hydrogen (secondary N) is 1. The Kier molecular flexibility index (Phi) is 4.88. The van der Waals surface area contributed by atoms with Gasteiger partial charge in [0.15, 0.2) is 0 Å². The fourth-order valence-corrected chi connectivity index (χ4v) is 4.10. The Morgan fingerprint density at radius 1 is 1.26 bits per heavy atom. The minimum atomic E-state index is -0.0520. The molecule has 27 heavy (non-hydrogen) atoms. The number of amides is 1. The highest BCUT2D eigenvalue weighted by Gasteiger charge is 2.54. The van der Waals surface area contributed by atoms with Gasteiger partial charge in [-0.25, -0.2) is 0 Å². The first kappa shape index (κ1) is 17.3. The smallest absolute Gasteiger partial charge is 0.244 e. The normalized spacial score (nSPS) is 23.1. The SMILES string of the molecule is N#Cc1ccc(N2C[C@@H]3[C@@H](CCNC(=O)/C=C/c4cccnc4)[C@@H]3C2)cc1. The van der Waals surface area contributed by atoms with Gasteiger partial charge >= 0.3 is 0 Å². The maximum absolute atomic E-state index is 11.9. The van der Waals surface area contributed by atoms with E-state index in [2.05, 4.69) is 21.3 Å². The summed E-state index contributed by atoms with van der Waals surface area (Å²) in [5.74, 6) is 2.15. The molecular formula is C22H22N4O. The van der Waals surface area contributed by atoms with Crippen molar-refractivity contribution in [3.05, 3.63) is 66.0 Å². The van der Waals surface area contributed by atoms with Crippen molar-refractivity contribution >= 4 is 17.7 Å². The average Bonchev–Trinajstić information content (AvgIpc) is 3.16. The molecule has 1 aliphatic carbocycles. The molecule has 1 N–H and O–H groups in total. The van der Waals surface area contributed by atoms with Crippen LogP contribution in [0.3, 0.4) is 0 Å². The molecule has 0 radical (unpaired) electrons. The number of fused-ring (bicyclic) bond motifs is 1. The van der Waals surface area contributed by atoms with E-state index in [1.165, 1.54) is 5.69 Å². The zero-order chi connectivity index (χ0) is 18.6. The second-order valence-electron chi connectivity index (χ2n) is 7.25. The molecule has 1 aromatic carbocycles. The summed E-state index contributed by atoms with van der Waals surface area (Å²) in [4.78, 5) is 18.3. The maximum Gasteiger partial charge on any atom is 0.244 e. The van der Waals surface area contributed by atoms with Gasteiger partial charge in [-0.3, -0.25) is 9.78 Å². The van der Waals surface area contributed by atoms with Crippen LogP contribution >= 0.6 is 0 Å². The maximum atomic E-state index is 11.9. The van der Waals surface area contributed by atoms with Crippen molar-refractivity contribution in [1.29, 1.82) is 5.26 Å². The van der Waals surface area contributed by atoms with Crippen LogP contribution in [-0.4, -0.2) is 30.5 Å². The number of pyridine rings is 1. The van der Waals surface area contributed by atoms with Gasteiger partial charge in [-0.15, -0.1) is 0 Å². The van der Waals surface area contributed by atoms with Crippen LogP contribution in [0.2, 0.25) is 0 Å². The van der Waals surface area contributed by atoms with E-state index in [0.717, 1.165) is 49.4 Å². The lowest BCUT2D eigenvalue weighted by Gasteiger charge is -2.22. The third-order valence-corrected chi connectivity index (χ3v) is 5.62. The first-order valence-electron chi connectivity index (χ1n) is 9.35. The van der Waals surface area contributed by atoms with Crippen LogP contribution in [0.25, 0.3) is 6.08 Å². The summed E-state index contributed by atoms with van der Waals surface area (Å²) >= 11 is 0. The largest absolute Gasteiger partial charge is 0.371 e. The fourth-order valence-electron chi connectivity index (χ4n) is 4.10. The van der Waals surface area contributed by atoms with Crippen molar-refractivity contribution in [1.82, 2.24) is 10.3 Å². The molecule has 0 spiro atoms. The molecule has 2 fully saturated rings. The quantitative estimate of drug-likeness (QED) is 0.806. The molecule has 3 atom stereocenters. The highest BCUT2D eigenvalue weighted by Crippen LogP contribution is 2.54. The van der Waals surface area contributed by atoms with Crippen LogP contribution in [0, 0.1) is 29.1 Å². The second kappa shape index (κ2) is 7.63. The second-order valence-corrected chi connectivity index (χ2v) is 7.25. The molecule has 2 heterocycles. The summed E-state index contributed by atoms with van der Waals surface area (Å²) in [6.45, 7) is 2.89. The molecule has 5 heteroatoms. The Morgan fingerprint density at radius 3 is 2.70 bits per heavy atom. The highest BCUT2D eigenvalue weighted by atomic mass is 16.1. The summed E-state index contributed by atoms with van der Waals surface area (Å²) < 4.78 is 0. The van der Waals surface area contributed by atoms with Gasteiger partial charge in [0, 0.05) is 43.8 Å². The standard InChI is InChI=1S/C22H22N4O/c23-12-16-3-6-18(7-4-16)26-14-20-19(21(20)15-26)9-11-25-22(27)8-5-17-2-1-10-24-13-17/h1-8,10,13,19-21H,9,11,14-15H2,(H,25,27)/b8-5+/t19-,20-,21+. The molecule has 2 aliphatic rings. The number of benzene rings is 1. The zero-order valence-corrected chi connectivity index (χ0v) is 15.1. The zero-order valence-electron chi connectivity index (χ0n) is 15.1. The van der Waals surface area contributed by atoms with E-state index in [4.69, 9.17) is 5.26 Å². The van der Waals surface area contributed by atoms with Gasteiger partial charge in [0.25, 0.3) is 0 Å². The summed E-state index contributed by atoms with van der Waals surface area (Å²) in [6, 6.07) is 13.8. The number of aromatic nitrogens is 1. The molecule has 1 aliphatic heterocycles. The van der Waals surface area contributed by atoms with E-state index in [1.54, 1.807) is 24.5 Å². The van der Waals surface area contributed by atoms with Gasteiger partial charge < -0.3 is 10.2 Å². The number of carbonyl (C=O) groups excluding carboxylic acids is 1. The summed E-state index contributed by atoms with van der Waals surface area (Å²) in [7, 11) is 0. The van der Waals surface area contributed by atoms with Gasteiger partial charge in [0.1, 0.15) is 0 Å². The third-order valence-electron chi connectivity index (χ3n) is 5.62. The summed E-state index contributed by atoms with van der Waals surface area (Å²) in [6.07, 6.45) is 7.84. The van der Waals surface area contributed by atoms with Gasteiger partial charge in [-0.05, 0) is 66.1 Å². The molecule has 1 saturated carbocycles. The van der Waals surface area contributed by atoms with E-state index >= 15 is 0 Å². The first-order valence-corrected chi connectivity index (χ1v) is 9.35. The van der Waals surface area contributed by atoms with Crippen LogP contribution in [-0.2, 0) is 4.79 Å². The Hall–Kier alpha value is -3.13. The van der Waals surface area contributed by atoms with Crippen molar-refractivity contribution < 1.29 is 4.79 Å². The van der Waals surface area contributed by atoms with Crippen molar-refractivity contribution in [3.63, 3.8) is 0 Å². The predicted molar refractivity (Wildman–Crippen MR) is 105 cm³/mol. The van der Waals surface area contributed by atoms with Gasteiger partial charge in [0.05, 0.1) is 11.6 Å². The molecule has 136 valence electrons. The molecular weight excluding hydrogens is 336 g/mol. The molecule has 5 nitrogen and oxygen atoms in total. The number of nitriles is 1. The topological polar surface area (TPSA) is 69.0 Å². The van der Waals surface area contributed by atoms with E-state index in [0.29, 0.717) is 5.56 Å². The number of nitrogens with zero attached hydrogens (tertiary/aromatic N) is 3. The van der Waals surface area contributed by atoms with Crippen LogP contribution in [0.5, 0.6) is 0 Å². The first-order chi connectivity index (χ1) is 13.2. The summed E-state index contributed by atoms with van der Waals surface area (Å²) in [5, 5.41) is 11.9. The van der Waals surface area contributed by atoms with Crippen molar-refractivity contribution in [2.24, 2.45) is 17.8 Å². The number of hydrogen-bond acceptors (Lipinski definition) is 4. The van der Waals surface area contributed by atoms with Gasteiger partial charge in [0.2, 0.25) is 5.91 Å². The van der Waals surface area contributed by atoms with E-state index in [9.17, 15) is 4.79 Å². The van der Waals surface area contributed by atoms with E-state index in [1.807, 2.05) is 36.4 Å². The lowest BCUT2D eigenvalue weighted by molar-refractivity contribution is -0.116.